The molecule has 3 aromatic rings. The molecule has 0 radical (unpaired) electrons. The van der Waals surface area contributed by atoms with Crippen LogP contribution in [0.4, 0.5) is 22.4 Å². The zero-order valence-electron chi connectivity index (χ0n) is 24.2. The van der Waals surface area contributed by atoms with Gasteiger partial charge in [-0.1, -0.05) is 0 Å². The Morgan fingerprint density at radius 3 is 2.71 bits per heavy atom. The lowest BCUT2D eigenvalue weighted by Gasteiger charge is -2.37. The molecule has 13 nitrogen and oxygen atoms in total. The van der Waals surface area contributed by atoms with Crippen molar-refractivity contribution in [3.05, 3.63) is 65.0 Å². The molecule has 2 aromatic heterocycles. The SMILES string of the molecule is COCCOC(=O)N1CC(c2cc3cc(CCCCN4C=C(C(=O)NCc5cc(OC(F)(F)F)ccc5F)NN4)nnc3[nH]2)C1. The van der Waals surface area contributed by atoms with Gasteiger partial charge in [0.2, 0.25) is 0 Å². The fraction of sp³-hybridized carbons (Fsp3) is 0.429. The van der Waals surface area contributed by atoms with Gasteiger partial charge in [-0.25, -0.2) is 9.18 Å². The molecule has 1 fully saturated rings. The van der Waals surface area contributed by atoms with Crippen molar-refractivity contribution in [3.63, 3.8) is 0 Å². The average molecular weight is 637 g/mol. The number of hydrazine groups is 2. The van der Waals surface area contributed by atoms with E-state index in [1.54, 1.807) is 23.2 Å². The summed E-state index contributed by atoms with van der Waals surface area (Å²) in [5.74, 6) is -1.76. The third-order valence-electron chi connectivity index (χ3n) is 7.18. The Morgan fingerprint density at radius 2 is 1.93 bits per heavy atom. The Kier molecular flexibility index (Phi) is 9.87. The summed E-state index contributed by atoms with van der Waals surface area (Å²) in [5, 5.41) is 13.7. The Labute approximate surface area is 254 Å². The monoisotopic (exact) mass is 636 g/mol. The number of methoxy groups -OCH3 is 1. The van der Waals surface area contributed by atoms with E-state index >= 15 is 0 Å². The van der Waals surface area contributed by atoms with Crippen LogP contribution in [0.2, 0.25) is 0 Å². The van der Waals surface area contributed by atoms with Crippen LogP contribution in [0, 0.1) is 5.82 Å². The van der Waals surface area contributed by atoms with E-state index in [0.29, 0.717) is 38.3 Å². The number of rotatable bonds is 13. The molecular formula is C28H32F4N8O5. The zero-order chi connectivity index (χ0) is 32.0. The van der Waals surface area contributed by atoms with E-state index in [-0.39, 0.29) is 36.4 Å². The Hall–Kier alpha value is -4.64. The number of carbonyl (C=O) groups excluding carboxylic acids is 2. The van der Waals surface area contributed by atoms with Gasteiger partial charge in [-0.05, 0) is 49.6 Å². The highest BCUT2D eigenvalue weighted by Crippen LogP contribution is 2.29. The number of amides is 2. The van der Waals surface area contributed by atoms with Crippen LogP contribution in [0.15, 0.2) is 42.2 Å². The van der Waals surface area contributed by atoms with Crippen LogP contribution in [0.5, 0.6) is 5.75 Å². The van der Waals surface area contributed by atoms with Crippen LogP contribution >= 0.6 is 0 Å². The van der Waals surface area contributed by atoms with Crippen molar-refractivity contribution in [2.75, 3.05) is 40.0 Å². The van der Waals surface area contributed by atoms with Crippen molar-refractivity contribution in [1.82, 2.24) is 41.4 Å². The molecule has 0 unspecified atom stereocenters. The van der Waals surface area contributed by atoms with Crippen LogP contribution in [0.25, 0.3) is 11.0 Å². The van der Waals surface area contributed by atoms with E-state index in [2.05, 4.69) is 36.2 Å². The fourth-order valence-corrected chi connectivity index (χ4v) is 4.80. The molecule has 2 aliphatic rings. The van der Waals surface area contributed by atoms with Gasteiger partial charge in [0.15, 0.2) is 5.65 Å². The standard InChI is InChI=1S/C28H32F4N8O5/c1-43-8-9-44-27(42)39-14-19(15-39)23-12-17-10-20(35-37-25(17)34-23)4-2-3-7-40-16-24(36-38-40)26(41)33-13-18-11-21(5-6-22(18)29)45-28(30,31)32/h5-6,10-12,16,19,36,38H,2-4,7-9,13-15H2,1H3,(H,33,41)(H,34,37). The van der Waals surface area contributed by atoms with E-state index in [9.17, 15) is 27.2 Å². The summed E-state index contributed by atoms with van der Waals surface area (Å²) in [6.45, 7) is 1.92. The molecule has 0 atom stereocenters. The maximum Gasteiger partial charge on any atom is 0.573 e. The Balaban J connectivity index is 1.03. The third-order valence-corrected chi connectivity index (χ3v) is 7.18. The molecule has 4 N–H and O–H groups in total. The van der Waals surface area contributed by atoms with Gasteiger partial charge >= 0.3 is 12.5 Å². The maximum absolute atomic E-state index is 14.0. The van der Waals surface area contributed by atoms with Crippen LogP contribution in [-0.4, -0.2) is 83.4 Å². The van der Waals surface area contributed by atoms with Gasteiger partial charge in [-0.3, -0.25) is 15.2 Å². The first kappa shape index (κ1) is 31.8. The lowest BCUT2D eigenvalue weighted by atomic mass is 9.97. The number of hydrogen-bond acceptors (Lipinski definition) is 10. The number of nitrogens with one attached hydrogen (secondary N) is 4. The molecule has 0 saturated carbocycles. The van der Waals surface area contributed by atoms with Gasteiger partial charge in [-0.15, -0.1) is 23.8 Å². The summed E-state index contributed by atoms with van der Waals surface area (Å²) in [6, 6.07) is 6.60. The largest absolute Gasteiger partial charge is 0.573 e. The summed E-state index contributed by atoms with van der Waals surface area (Å²) in [6.07, 6.45) is -1.48. The summed E-state index contributed by atoms with van der Waals surface area (Å²) in [7, 11) is 1.55. The quantitative estimate of drug-likeness (QED) is 0.163. The van der Waals surface area contributed by atoms with Crippen molar-refractivity contribution in [2.24, 2.45) is 0 Å². The van der Waals surface area contributed by atoms with Crippen LogP contribution in [-0.2, 0) is 27.2 Å². The fourth-order valence-electron chi connectivity index (χ4n) is 4.80. The highest BCUT2D eigenvalue weighted by molar-refractivity contribution is 5.92. The minimum Gasteiger partial charge on any atom is -0.447 e. The second kappa shape index (κ2) is 14.0. The number of fused-ring (bicyclic) bond motifs is 1. The van der Waals surface area contributed by atoms with E-state index < -0.39 is 23.8 Å². The van der Waals surface area contributed by atoms with Crippen molar-refractivity contribution < 1.29 is 41.4 Å². The topological polar surface area (TPSA) is 146 Å². The van der Waals surface area contributed by atoms with Gasteiger partial charge in [0.1, 0.15) is 23.9 Å². The Bertz CT molecular complexity index is 1540. The molecule has 5 rings (SSSR count). The van der Waals surface area contributed by atoms with Crippen LogP contribution < -0.4 is 21.0 Å². The Morgan fingerprint density at radius 1 is 1.11 bits per heavy atom. The molecule has 0 aliphatic carbocycles. The molecule has 4 heterocycles. The number of hydrogen-bond donors (Lipinski definition) is 4. The van der Waals surface area contributed by atoms with E-state index in [1.165, 1.54) is 0 Å². The smallest absolute Gasteiger partial charge is 0.447 e. The molecule has 17 heteroatoms. The molecular weight excluding hydrogens is 604 g/mol. The number of halogens is 4. The summed E-state index contributed by atoms with van der Waals surface area (Å²) in [4.78, 5) is 29.4. The first-order valence-corrected chi connectivity index (χ1v) is 14.2. The number of H-pyrrole nitrogens is 1. The predicted molar refractivity (Wildman–Crippen MR) is 150 cm³/mol. The molecule has 0 bridgehead atoms. The van der Waals surface area contributed by atoms with Crippen LogP contribution in [0.3, 0.4) is 0 Å². The van der Waals surface area contributed by atoms with E-state index in [1.807, 2.05) is 12.1 Å². The summed E-state index contributed by atoms with van der Waals surface area (Å²) < 4.78 is 65.2. The molecule has 1 aromatic carbocycles. The van der Waals surface area contributed by atoms with Gasteiger partial charge in [0, 0.05) is 62.1 Å². The number of unbranched alkanes of at least 4 members (excludes halogenated alkanes) is 1. The van der Waals surface area contributed by atoms with Crippen molar-refractivity contribution in [2.45, 2.75) is 38.1 Å². The van der Waals surface area contributed by atoms with Gasteiger partial charge < -0.3 is 29.4 Å². The number of likely N-dealkylation sites (tertiary alicyclic amines) is 1. The molecule has 2 aliphatic heterocycles. The highest BCUT2D eigenvalue weighted by atomic mass is 19.4. The zero-order valence-corrected chi connectivity index (χ0v) is 24.2. The molecule has 2 amide bonds. The number of aryl methyl sites for hydroxylation is 1. The number of nitrogens with zero attached hydrogens (tertiary/aromatic N) is 4. The molecule has 45 heavy (non-hydrogen) atoms. The second-order valence-corrected chi connectivity index (χ2v) is 10.5. The number of aromatic nitrogens is 3. The van der Waals surface area contributed by atoms with E-state index in [0.717, 1.165) is 47.8 Å². The number of ether oxygens (including phenoxy) is 3. The molecule has 1 saturated heterocycles. The first-order chi connectivity index (χ1) is 21.6. The predicted octanol–water partition coefficient (Wildman–Crippen LogP) is 2.98. The van der Waals surface area contributed by atoms with Crippen LogP contribution in [0.1, 0.15) is 35.7 Å². The normalized spacial score (nSPS) is 15.1. The number of aromatic amines is 1. The third kappa shape index (κ3) is 8.51. The van der Waals surface area contributed by atoms with Crippen molar-refractivity contribution in [3.8, 4) is 5.75 Å². The maximum atomic E-state index is 14.0. The molecule has 242 valence electrons. The van der Waals surface area contributed by atoms with E-state index in [4.69, 9.17) is 9.47 Å². The lowest BCUT2D eigenvalue weighted by Crippen LogP contribution is -2.49. The van der Waals surface area contributed by atoms with Crippen molar-refractivity contribution >= 4 is 23.0 Å². The minimum absolute atomic E-state index is 0.156. The first-order valence-electron chi connectivity index (χ1n) is 14.2. The van der Waals surface area contributed by atoms with Gasteiger partial charge in [0.25, 0.3) is 5.91 Å². The van der Waals surface area contributed by atoms with Gasteiger partial charge in [-0.2, -0.15) is 5.10 Å². The number of alkyl halides is 3. The van der Waals surface area contributed by atoms with Crippen molar-refractivity contribution in [1.29, 1.82) is 0 Å². The lowest BCUT2D eigenvalue weighted by molar-refractivity contribution is -0.274. The number of carbonyl (C=O) groups is 2. The number of benzene rings is 1. The minimum atomic E-state index is -4.91. The average Bonchev–Trinajstić information content (AvgIpc) is 3.61. The van der Waals surface area contributed by atoms with Gasteiger partial charge in [0.05, 0.1) is 12.3 Å². The summed E-state index contributed by atoms with van der Waals surface area (Å²) >= 11 is 0. The second-order valence-electron chi connectivity index (χ2n) is 10.5. The molecule has 0 spiro atoms. The highest BCUT2D eigenvalue weighted by Gasteiger charge is 2.34. The summed E-state index contributed by atoms with van der Waals surface area (Å²) in [5.41, 5.74) is 8.08.